The highest BCUT2D eigenvalue weighted by Gasteiger charge is 2.43. The smallest absolute Gasteiger partial charge is 0.271 e. The fourth-order valence-electron chi connectivity index (χ4n) is 2.06. The molecule has 82 valence electrons. The molecule has 1 unspecified atom stereocenters. The Morgan fingerprint density at radius 1 is 1.13 bits per heavy atom. The highest BCUT2D eigenvalue weighted by molar-refractivity contribution is 5.24. The van der Waals surface area contributed by atoms with Crippen LogP contribution in [0, 0.1) is 0 Å². The lowest BCUT2D eigenvalue weighted by atomic mass is 9.87. The van der Waals surface area contributed by atoms with Crippen LogP contribution in [-0.4, -0.2) is 13.0 Å². The average molecular weight is 212 g/mol. The number of alkyl halides is 2. The molecule has 1 fully saturated rings. The minimum absolute atomic E-state index is 0.411. The molecule has 0 saturated carbocycles. The number of ether oxygens (including phenoxy) is 1. The summed E-state index contributed by atoms with van der Waals surface area (Å²) in [5, 5.41) is 0. The molecule has 1 saturated heterocycles. The Bertz CT molecular complexity index is 305. The largest absolute Gasteiger partial charge is 0.364 e. The molecule has 0 spiro atoms. The summed E-state index contributed by atoms with van der Waals surface area (Å²) >= 11 is 0. The van der Waals surface area contributed by atoms with Gasteiger partial charge >= 0.3 is 0 Å². The van der Waals surface area contributed by atoms with Crippen LogP contribution in [0.4, 0.5) is 8.78 Å². The number of halogens is 2. The van der Waals surface area contributed by atoms with E-state index in [0.29, 0.717) is 18.6 Å². The molecular formula is C12H14F2O. The van der Waals surface area contributed by atoms with E-state index in [1.165, 1.54) is 0 Å². The van der Waals surface area contributed by atoms with E-state index in [4.69, 9.17) is 4.74 Å². The summed E-state index contributed by atoms with van der Waals surface area (Å²) in [5.74, 6) is 0. The molecule has 1 nitrogen and oxygen atoms in total. The Morgan fingerprint density at radius 3 is 2.40 bits per heavy atom. The van der Waals surface area contributed by atoms with Crippen LogP contribution < -0.4 is 0 Å². The van der Waals surface area contributed by atoms with Crippen LogP contribution in [0.2, 0.25) is 0 Å². The van der Waals surface area contributed by atoms with Gasteiger partial charge in [-0.25, -0.2) is 8.78 Å². The van der Waals surface area contributed by atoms with Crippen molar-refractivity contribution in [2.45, 2.75) is 31.3 Å². The van der Waals surface area contributed by atoms with Gasteiger partial charge in [-0.3, -0.25) is 0 Å². The van der Waals surface area contributed by atoms with Crippen LogP contribution in [0.3, 0.4) is 0 Å². The third-order valence-electron chi connectivity index (χ3n) is 2.92. The van der Waals surface area contributed by atoms with Gasteiger partial charge in [-0.15, -0.1) is 0 Å². The van der Waals surface area contributed by atoms with Crippen LogP contribution in [-0.2, 0) is 10.3 Å². The van der Waals surface area contributed by atoms with Crippen molar-refractivity contribution < 1.29 is 13.5 Å². The Labute approximate surface area is 88.1 Å². The summed E-state index contributed by atoms with van der Waals surface area (Å²) in [6.07, 6.45) is -0.366. The van der Waals surface area contributed by atoms with Crippen molar-refractivity contribution >= 4 is 0 Å². The Morgan fingerprint density at radius 2 is 1.87 bits per heavy atom. The van der Waals surface area contributed by atoms with Gasteiger partial charge in [0, 0.05) is 6.61 Å². The minimum Gasteiger partial charge on any atom is -0.364 e. The standard InChI is InChI=1S/C12H14F2O/c13-11(14)12(8-4-5-9-15-12)10-6-2-1-3-7-10/h1-3,6-7,11H,4-5,8-9H2. The summed E-state index contributed by atoms with van der Waals surface area (Å²) < 4.78 is 31.6. The van der Waals surface area contributed by atoms with Crippen molar-refractivity contribution in [3.63, 3.8) is 0 Å². The lowest BCUT2D eigenvalue weighted by Gasteiger charge is -2.36. The predicted molar refractivity (Wildman–Crippen MR) is 53.9 cm³/mol. The number of hydrogen-bond donors (Lipinski definition) is 0. The SMILES string of the molecule is FC(F)C1(c2ccccc2)CCCCO1. The van der Waals surface area contributed by atoms with E-state index in [2.05, 4.69) is 0 Å². The third kappa shape index (κ3) is 1.88. The van der Waals surface area contributed by atoms with Crippen molar-refractivity contribution in [3.8, 4) is 0 Å². The molecule has 0 aromatic heterocycles. The Hall–Kier alpha value is -0.960. The van der Waals surface area contributed by atoms with Gasteiger partial charge in [-0.2, -0.15) is 0 Å². The summed E-state index contributed by atoms with van der Waals surface area (Å²) in [4.78, 5) is 0. The first-order valence-corrected chi connectivity index (χ1v) is 5.23. The summed E-state index contributed by atoms with van der Waals surface area (Å²) in [5.41, 5.74) is -0.765. The zero-order chi connectivity index (χ0) is 10.7. The molecule has 0 radical (unpaired) electrons. The maximum Gasteiger partial charge on any atom is 0.271 e. The highest BCUT2D eigenvalue weighted by Crippen LogP contribution is 2.40. The number of benzene rings is 1. The van der Waals surface area contributed by atoms with Crippen LogP contribution in [0.5, 0.6) is 0 Å². The molecule has 15 heavy (non-hydrogen) atoms. The third-order valence-corrected chi connectivity index (χ3v) is 2.92. The topological polar surface area (TPSA) is 9.23 Å². The van der Waals surface area contributed by atoms with Gasteiger partial charge in [0.1, 0.15) is 0 Å². The molecule has 0 aliphatic carbocycles. The molecule has 0 bridgehead atoms. The summed E-state index contributed by atoms with van der Waals surface area (Å²) in [7, 11) is 0. The first kappa shape index (κ1) is 10.6. The van der Waals surface area contributed by atoms with Gasteiger partial charge in [0.25, 0.3) is 6.43 Å². The monoisotopic (exact) mass is 212 g/mol. The lowest BCUT2D eigenvalue weighted by Crippen LogP contribution is -2.40. The van der Waals surface area contributed by atoms with Crippen molar-refractivity contribution in [3.05, 3.63) is 35.9 Å². The van der Waals surface area contributed by atoms with Crippen molar-refractivity contribution in [2.75, 3.05) is 6.61 Å². The molecule has 1 aromatic carbocycles. The zero-order valence-electron chi connectivity index (χ0n) is 8.46. The molecule has 0 N–H and O–H groups in total. The second-order valence-electron chi connectivity index (χ2n) is 3.86. The minimum atomic E-state index is -2.46. The van der Waals surface area contributed by atoms with Crippen molar-refractivity contribution in [1.29, 1.82) is 0 Å². The van der Waals surface area contributed by atoms with Gasteiger partial charge in [-0.05, 0) is 24.8 Å². The molecule has 0 amide bonds. The molecule has 1 heterocycles. The Balaban J connectivity index is 2.34. The predicted octanol–water partition coefficient (Wildman–Crippen LogP) is 3.35. The summed E-state index contributed by atoms with van der Waals surface area (Å²) in [6.45, 7) is 0.430. The van der Waals surface area contributed by atoms with Gasteiger partial charge in [0.05, 0.1) is 0 Å². The van der Waals surface area contributed by atoms with Crippen LogP contribution >= 0.6 is 0 Å². The van der Waals surface area contributed by atoms with E-state index >= 15 is 0 Å². The zero-order valence-corrected chi connectivity index (χ0v) is 8.46. The van der Waals surface area contributed by atoms with Crippen molar-refractivity contribution in [1.82, 2.24) is 0 Å². The maximum absolute atomic E-state index is 13.1. The average Bonchev–Trinajstić information content (AvgIpc) is 2.31. The molecule has 1 aliphatic heterocycles. The first-order chi connectivity index (χ1) is 7.26. The molecule has 1 atom stereocenters. The molecule has 2 rings (SSSR count). The summed E-state index contributed by atoms with van der Waals surface area (Å²) in [6, 6.07) is 8.81. The van der Waals surface area contributed by atoms with Gasteiger partial charge < -0.3 is 4.74 Å². The van der Waals surface area contributed by atoms with E-state index in [9.17, 15) is 8.78 Å². The fraction of sp³-hybridized carbons (Fsp3) is 0.500. The van der Waals surface area contributed by atoms with E-state index in [0.717, 1.165) is 12.8 Å². The second-order valence-corrected chi connectivity index (χ2v) is 3.86. The molecule has 1 aromatic rings. The van der Waals surface area contributed by atoms with Crippen molar-refractivity contribution in [2.24, 2.45) is 0 Å². The van der Waals surface area contributed by atoms with Gasteiger partial charge in [-0.1, -0.05) is 30.3 Å². The second kappa shape index (κ2) is 4.27. The maximum atomic E-state index is 13.1. The van der Waals surface area contributed by atoms with Crippen LogP contribution in [0.1, 0.15) is 24.8 Å². The molecule has 3 heteroatoms. The Kier molecular flexibility index (Phi) is 3.00. The van der Waals surface area contributed by atoms with Gasteiger partial charge in [0.2, 0.25) is 0 Å². The van der Waals surface area contributed by atoms with E-state index in [1.54, 1.807) is 24.3 Å². The molecule has 1 aliphatic rings. The van der Waals surface area contributed by atoms with Crippen LogP contribution in [0.25, 0.3) is 0 Å². The van der Waals surface area contributed by atoms with E-state index in [-0.39, 0.29) is 0 Å². The normalized spacial score (nSPS) is 26.9. The number of rotatable bonds is 2. The first-order valence-electron chi connectivity index (χ1n) is 5.23. The fourth-order valence-corrected chi connectivity index (χ4v) is 2.06. The van der Waals surface area contributed by atoms with Crippen LogP contribution in [0.15, 0.2) is 30.3 Å². The quantitative estimate of drug-likeness (QED) is 0.730. The molecular weight excluding hydrogens is 198 g/mol. The lowest BCUT2D eigenvalue weighted by molar-refractivity contribution is -0.169. The van der Waals surface area contributed by atoms with E-state index in [1.807, 2.05) is 6.07 Å². The number of hydrogen-bond acceptors (Lipinski definition) is 1. The van der Waals surface area contributed by atoms with Gasteiger partial charge in [0.15, 0.2) is 5.60 Å². The highest BCUT2D eigenvalue weighted by atomic mass is 19.3. The van der Waals surface area contributed by atoms with E-state index < -0.39 is 12.0 Å².